The summed E-state index contributed by atoms with van der Waals surface area (Å²) in [5, 5.41) is 2.85. The number of rotatable bonds is 5. The van der Waals surface area contributed by atoms with Crippen molar-refractivity contribution in [3.8, 4) is 0 Å². The minimum atomic E-state index is -3.71. The third-order valence-electron chi connectivity index (χ3n) is 5.55. The lowest BCUT2D eigenvalue weighted by Gasteiger charge is -2.19. The Morgan fingerprint density at radius 1 is 0.815 bits per heavy atom. The van der Waals surface area contributed by atoms with E-state index in [1.54, 1.807) is 24.3 Å². The van der Waals surface area contributed by atoms with Crippen molar-refractivity contribution < 1.29 is 13.2 Å². The van der Waals surface area contributed by atoms with Crippen molar-refractivity contribution in [2.45, 2.75) is 52.4 Å². The van der Waals surface area contributed by atoms with Gasteiger partial charge in [-0.25, -0.2) is 8.42 Å². The smallest absolute Gasteiger partial charge is 0.262 e. The first-order valence-corrected chi connectivity index (χ1v) is 10.6. The molecule has 0 spiro atoms. The molecule has 144 valence electrons. The van der Waals surface area contributed by atoms with Gasteiger partial charge in [0.05, 0.1) is 4.90 Å². The van der Waals surface area contributed by atoms with Crippen molar-refractivity contribution in [3.63, 3.8) is 0 Å². The van der Waals surface area contributed by atoms with Crippen LogP contribution in [0.25, 0.3) is 0 Å². The largest absolute Gasteiger partial charge is 0.326 e. The molecule has 0 atom stereocenters. The number of nitrogens with one attached hydrogen (secondary N) is 2. The van der Waals surface area contributed by atoms with Gasteiger partial charge in [-0.1, -0.05) is 0 Å². The molecule has 0 heterocycles. The number of hydrogen-bond donors (Lipinski definition) is 2. The van der Waals surface area contributed by atoms with Crippen LogP contribution in [-0.4, -0.2) is 14.3 Å². The molecule has 2 aromatic carbocycles. The molecule has 0 radical (unpaired) electrons. The first kappa shape index (κ1) is 19.4. The molecule has 1 aliphatic rings. The fourth-order valence-electron chi connectivity index (χ4n) is 3.29. The fraction of sp³-hybridized carbons (Fsp3) is 0.381. The van der Waals surface area contributed by atoms with E-state index in [0.29, 0.717) is 16.3 Å². The predicted octanol–water partition coefficient (Wildman–Crippen LogP) is 4.38. The highest BCUT2D eigenvalue weighted by atomic mass is 32.2. The highest BCUT2D eigenvalue weighted by Gasteiger charge is 2.29. The minimum absolute atomic E-state index is 0.0280. The summed E-state index contributed by atoms with van der Waals surface area (Å²) in [6.45, 7) is 9.61. The second-order valence-electron chi connectivity index (χ2n) is 7.40. The second-order valence-corrected chi connectivity index (χ2v) is 9.02. The Kier molecular flexibility index (Phi) is 5.04. The summed E-state index contributed by atoms with van der Waals surface area (Å²) in [4.78, 5) is 12.2. The molecule has 27 heavy (non-hydrogen) atoms. The van der Waals surface area contributed by atoms with Crippen LogP contribution in [0.2, 0.25) is 0 Å². The Bertz CT molecular complexity index is 976. The van der Waals surface area contributed by atoms with Gasteiger partial charge in [0.15, 0.2) is 0 Å². The lowest BCUT2D eigenvalue weighted by Crippen LogP contribution is -2.18. The quantitative estimate of drug-likeness (QED) is 0.801. The minimum Gasteiger partial charge on any atom is -0.326 e. The van der Waals surface area contributed by atoms with Gasteiger partial charge in [0.25, 0.3) is 10.0 Å². The third kappa shape index (κ3) is 3.86. The summed E-state index contributed by atoms with van der Waals surface area (Å²) in [6, 6.07) is 6.75. The van der Waals surface area contributed by atoms with E-state index in [9.17, 15) is 13.2 Å². The van der Waals surface area contributed by atoms with Gasteiger partial charge in [0, 0.05) is 17.3 Å². The summed E-state index contributed by atoms with van der Waals surface area (Å²) in [5.41, 5.74) is 5.80. The number of anilines is 2. The van der Waals surface area contributed by atoms with Crippen molar-refractivity contribution in [2.24, 2.45) is 5.92 Å². The fourth-order valence-corrected chi connectivity index (χ4v) is 4.95. The zero-order valence-corrected chi connectivity index (χ0v) is 17.3. The molecule has 0 saturated heterocycles. The molecule has 3 rings (SSSR count). The topological polar surface area (TPSA) is 75.3 Å². The van der Waals surface area contributed by atoms with Crippen LogP contribution in [-0.2, 0) is 14.8 Å². The van der Waals surface area contributed by atoms with Gasteiger partial charge in [0.1, 0.15) is 0 Å². The van der Waals surface area contributed by atoms with Gasteiger partial charge in [-0.15, -0.1) is 0 Å². The molecule has 1 saturated carbocycles. The highest BCUT2D eigenvalue weighted by Crippen LogP contribution is 2.32. The normalized spacial score (nSPS) is 14.1. The van der Waals surface area contributed by atoms with Crippen LogP contribution in [0.3, 0.4) is 0 Å². The molecule has 1 aliphatic carbocycles. The molecule has 5 nitrogen and oxygen atoms in total. The lowest BCUT2D eigenvalue weighted by atomic mass is 9.95. The molecule has 0 aliphatic heterocycles. The molecule has 1 amide bonds. The van der Waals surface area contributed by atoms with Crippen molar-refractivity contribution in [2.75, 3.05) is 10.0 Å². The van der Waals surface area contributed by atoms with Crippen LogP contribution in [0, 0.1) is 40.5 Å². The second kappa shape index (κ2) is 7.00. The van der Waals surface area contributed by atoms with Gasteiger partial charge in [0.2, 0.25) is 5.91 Å². The summed E-state index contributed by atoms with van der Waals surface area (Å²) in [5.74, 6) is 0.155. The van der Waals surface area contributed by atoms with Crippen LogP contribution in [0.1, 0.15) is 40.7 Å². The van der Waals surface area contributed by atoms with Crippen molar-refractivity contribution in [1.82, 2.24) is 0 Å². The molecular weight excluding hydrogens is 360 g/mol. The van der Waals surface area contributed by atoms with E-state index < -0.39 is 10.0 Å². The predicted molar refractivity (Wildman–Crippen MR) is 109 cm³/mol. The van der Waals surface area contributed by atoms with Gasteiger partial charge >= 0.3 is 0 Å². The van der Waals surface area contributed by atoms with Crippen LogP contribution >= 0.6 is 0 Å². The zero-order valence-electron chi connectivity index (χ0n) is 16.4. The Morgan fingerprint density at radius 3 is 1.74 bits per heavy atom. The van der Waals surface area contributed by atoms with Crippen molar-refractivity contribution in [3.05, 3.63) is 52.1 Å². The Morgan fingerprint density at radius 2 is 1.26 bits per heavy atom. The molecule has 0 unspecified atom stereocenters. The van der Waals surface area contributed by atoms with Gasteiger partial charge in [-0.3, -0.25) is 9.52 Å². The van der Waals surface area contributed by atoms with Crippen LogP contribution in [0.5, 0.6) is 0 Å². The number of amides is 1. The summed E-state index contributed by atoms with van der Waals surface area (Å²) in [7, 11) is -3.71. The Hall–Kier alpha value is -2.34. The standard InChI is InChI=1S/C21H26N2O3S/c1-12-13(2)15(4)20(16(5)14(12)3)27(25,26)23-19-10-8-18(9-11-19)22-21(24)17-6-7-17/h8-11,17,23H,6-7H2,1-5H3,(H,22,24). The molecule has 6 heteroatoms. The summed E-state index contributed by atoms with van der Waals surface area (Å²) < 4.78 is 28.7. The Labute approximate surface area is 161 Å². The van der Waals surface area contributed by atoms with Gasteiger partial charge < -0.3 is 5.32 Å². The van der Waals surface area contributed by atoms with E-state index in [-0.39, 0.29) is 11.8 Å². The first-order valence-electron chi connectivity index (χ1n) is 9.12. The summed E-state index contributed by atoms with van der Waals surface area (Å²) >= 11 is 0. The van der Waals surface area contributed by atoms with Gasteiger partial charge in [-0.05, 0) is 99.5 Å². The number of carbonyl (C=O) groups is 1. The SMILES string of the molecule is Cc1c(C)c(C)c(S(=O)(=O)Nc2ccc(NC(=O)C3CC3)cc2)c(C)c1C. The monoisotopic (exact) mass is 386 g/mol. The highest BCUT2D eigenvalue weighted by molar-refractivity contribution is 7.92. The zero-order chi connectivity index (χ0) is 19.9. The Balaban J connectivity index is 1.86. The first-order chi connectivity index (χ1) is 12.6. The van der Waals surface area contributed by atoms with E-state index >= 15 is 0 Å². The van der Waals surface area contributed by atoms with Crippen LogP contribution < -0.4 is 10.0 Å². The van der Waals surface area contributed by atoms with E-state index in [0.717, 1.165) is 40.7 Å². The molecule has 2 N–H and O–H groups in total. The van der Waals surface area contributed by atoms with Crippen molar-refractivity contribution in [1.29, 1.82) is 0 Å². The third-order valence-corrected chi connectivity index (χ3v) is 7.21. The number of sulfonamides is 1. The van der Waals surface area contributed by atoms with E-state index in [1.807, 2.05) is 34.6 Å². The van der Waals surface area contributed by atoms with Crippen LogP contribution in [0.4, 0.5) is 11.4 Å². The van der Waals surface area contributed by atoms with E-state index in [4.69, 9.17) is 0 Å². The molecular formula is C21H26N2O3S. The molecule has 2 aromatic rings. The number of carbonyl (C=O) groups excluding carboxylic acids is 1. The van der Waals surface area contributed by atoms with Crippen molar-refractivity contribution >= 4 is 27.3 Å². The maximum absolute atomic E-state index is 13.0. The maximum atomic E-state index is 13.0. The number of hydrogen-bond acceptors (Lipinski definition) is 3. The number of benzene rings is 2. The van der Waals surface area contributed by atoms with E-state index in [1.165, 1.54) is 0 Å². The molecule has 0 bridgehead atoms. The van der Waals surface area contributed by atoms with E-state index in [2.05, 4.69) is 10.0 Å². The lowest BCUT2D eigenvalue weighted by molar-refractivity contribution is -0.117. The summed E-state index contributed by atoms with van der Waals surface area (Å²) in [6.07, 6.45) is 1.88. The average molecular weight is 387 g/mol. The average Bonchev–Trinajstić information content (AvgIpc) is 3.45. The van der Waals surface area contributed by atoms with Crippen LogP contribution in [0.15, 0.2) is 29.2 Å². The molecule has 1 fully saturated rings. The molecule has 0 aromatic heterocycles. The van der Waals surface area contributed by atoms with Gasteiger partial charge in [-0.2, -0.15) is 0 Å². The maximum Gasteiger partial charge on any atom is 0.262 e.